The van der Waals surface area contributed by atoms with E-state index in [-0.39, 0.29) is 54.2 Å². The van der Waals surface area contributed by atoms with Gasteiger partial charge in [0.2, 0.25) is 0 Å². The van der Waals surface area contributed by atoms with Crippen molar-refractivity contribution in [1.29, 1.82) is 0 Å². The summed E-state index contributed by atoms with van der Waals surface area (Å²) in [4.78, 5) is 4.40. The van der Waals surface area contributed by atoms with Gasteiger partial charge in [-0.25, -0.2) is 0 Å². The fraction of sp³-hybridized carbons (Fsp3) is 0.579. The molecule has 3 fully saturated rings. The lowest BCUT2D eigenvalue weighted by Gasteiger charge is -2.32. The number of hydrogen-bond acceptors (Lipinski definition) is 9. The van der Waals surface area contributed by atoms with Gasteiger partial charge in [-0.1, -0.05) is 130 Å². The Morgan fingerprint density at radius 2 is 0.681 bits per heavy atom. The molecule has 7 rings (SSSR count). The lowest BCUT2D eigenvalue weighted by atomic mass is 9.49. The highest BCUT2D eigenvalue weighted by molar-refractivity contribution is 9.11. The van der Waals surface area contributed by atoms with Crippen LogP contribution >= 0.6 is 47.8 Å². The minimum absolute atomic E-state index is 0. The molecule has 0 aromatic heterocycles. The molecule has 15 heteroatoms. The van der Waals surface area contributed by atoms with Crippen molar-refractivity contribution in [1.82, 2.24) is 9.80 Å². The molecule has 4 aromatic carbocycles. The van der Waals surface area contributed by atoms with E-state index in [4.69, 9.17) is 33.7 Å². The molecule has 3 aliphatic rings. The van der Waals surface area contributed by atoms with Crippen LogP contribution in [0.2, 0.25) is 0 Å². The molecular formula is C57H91B3Br3N3O6. The minimum atomic E-state index is -0.476. The first-order valence-corrected chi connectivity index (χ1v) is 27.5. The van der Waals surface area contributed by atoms with E-state index >= 15 is 0 Å². The third-order valence-corrected chi connectivity index (χ3v) is 16.6. The Hall–Kier alpha value is -1.85. The van der Waals surface area contributed by atoms with Crippen molar-refractivity contribution in [2.24, 2.45) is 5.73 Å². The highest BCUT2D eigenvalue weighted by Crippen LogP contribution is 2.43. The van der Waals surface area contributed by atoms with E-state index in [1.807, 2.05) is 86.6 Å². The van der Waals surface area contributed by atoms with Gasteiger partial charge in [0, 0.05) is 31.5 Å². The van der Waals surface area contributed by atoms with Crippen LogP contribution in [0.3, 0.4) is 0 Å². The van der Waals surface area contributed by atoms with Gasteiger partial charge in [-0.3, -0.25) is 0 Å². The zero-order valence-electron chi connectivity index (χ0n) is 47.0. The van der Waals surface area contributed by atoms with E-state index in [2.05, 4.69) is 214 Å². The number of nitrogens with two attached hydrogens (primary N) is 1. The van der Waals surface area contributed by atoms with Crippen LogP contribution in [-0.4, -0.2) is 92.7 Å². The molecule has 0 spiro atoms. The van der Waals surface area contributed by atoms with Crippen LogP contribution in [0.1, 0.15) is 178 Å². The first-order valence-electron chi connectivity index (χ1n) is 25.1. The maximum absolute atomic E-state index is 6.07. The molecule has 4 unspecified atom stereocenters. The fourth-order valence-electron chi connectivity index (χ4n) is 7.04. The lowest BCUT2D eigenvalue weighted by Crippen LogP contribution is -2.41. The summed E-state index contributed by atoms with van der Waals surface area (Å²) in [7, 11) is 7.13. The molecule has 3 saturated heterocycles. The van der Waals surface area contributed by atoms with Gasteiger partial charge >= 0.3 is 21.1 Å². The van der Waals surface area contributed by atoms with E-state index in [9.17, 15) is 0 Å². The van der Waals surface area contributed by atoms with Crippen LogP contribution in [0.25, 0.3) is 0 Å². The summed E-state index contributed by atoms with van der Waals surface area (Å²) in [6.45, 7) is 35.4. The summed E-state index contributed by atoms with van der Waals surface area (Å²) in [6.07, 6.45) is 1.21. The normalized spacial score (nSPS) is 20.2. The van der Waals surface area contributed by atoms with Crippen molar-refractivity contribution in [2.75, 3.05) is 28.2 Å². The second kappa shape index (κ2) is 27.5. The molecule has 3 aliphatic heterocycles. The average Bonchev–Trinajstić information content (AvgIpc) is 3.76. The Bertz CT molecular complexity index is 2130. The second-order valence-electron chi connectivity index (χ2n) is 22.5. The molecule has 0 saturated carbocycles. The maximum atomic E-state index is 6.07. The molecule has 2 N–H and O–H groups in total. The van der Waals surface area contributed by atoms with E-state index in [1.54, 1.807) is 0 Å². The van der Waals surface area contributed by atoms with E-state index < -0.39 is 14.0 Å². The average molecular weight is 1190 g/mol. The highest BCUT2D eigenvalue weighted by atomic mass is 79.9. The van der Waals surface area contributed by atoms with Crippen molar-refractivity contribution < 1.29 is 27.9 Å². The molecule has 3 heterocycles. The van der Waals surface area contributed by atoms with Crippen LogP contribution in [0.5, 0.6) is 0 Å². The molecule has 0 aliphatic carbocycles. The zero-order chi connectivity index (χ0) is 54.1. The number of nitrogens with zero attached hydrogens (tertiary/aromatic N) is 2. The summed E-state index contributed by atoms with van der Waals surface area (Å²) in [5.41, 5.74) is 9.97. The van der Waals surface area contributed by atoms with Crippen LogP contribution < -0.4 is 11.2 Å². The molecule has 0 amide bonds. The highest BCUT2D eigenvalue weighted by Gasteiger charge is 2.63. The molecule has 0 radical (unpaired) electrons. The maximum Gasteiger partial charge on any atom is 0.494 e. The third kappa shape index (κ3) is 18.4. The summed E-state index contributed by atoms with van der Waals surface area (Å²) in [6, 6.07) is 34.6. The van der Waals surface area contributed by atoms with Gasteiger partial charge in [-0.2, -0.15) is 0 Å². The molecule has 4 aromatic rings. The topological polar surface area (TPSA) is 87.9 Å². The van der Waals surface area contributed by atoms with Gasteiger partial charge < -0.3 is 43.5 Å². The first-order chi connectivity index (χ1) is 32.6. The molecule has 4 atom stereocenters. The number of rotatable bonds is 9. The van der Waals surface area contributed by atoms with Crippen molar-refractivity contribution in [3.63, 3.8) is 0 Å². The first kappa shape index (κ1) is 66.3. The smallest absolute Gasteiger partial charge is 0.405 e. The predicted molar refractivity (Wildman–Crippen MR) is 319 cm³/mol. The van der Waals surface area contributed by atoms with E-state index in [0.717, 1.165) is 18.9 Å². The Morgan fingerprint density at radius 1 is 0.431 bits per heavy atom. The second-order valence-corrected chi connectivity index (χ2v) is 25.3. The number of halogens is 3. The third-order valence-electron chi connectivity index (χ3n) is 15.1. The van der Waals surface area contributed by atoms with Gasteiger partial charge in [0.05, 0.1) is 33.6 Å². The molecule has 400 valence electrons. The quantitative estimate of drug-likeness (QED) is 0.165. The summed E-state index contributed by atoms with van der Waals surface area (Å²) in [5, 5.41) is 0. The monoisotopic (exact) mass is 1180 g/mol. The number of hydrogen-bond donors (Lipinski definition) is 1. The predicted octanol–water partition coefficient (Wildman–Crippen LogP) is 15.0. The van der Waals surface area contributed by atoms with Gasteiger partial charge in [0.1, 0.15) is 0 Å². The number of benzene rings is 4. The molecular weight excluding hydrogens is 1090 g/mol. The van der Waals surface area contributed by atoms with Gasteiger partial charge in [0.15, 0.2) is 0 Å². The zero-order valence-corrected chi connectivity index (χ0v) is 51.8. The summed E-state index contributed by atoms with van der Waals surface area (Å²) < 4.78 is 39.4. The van der Waals surface area contributed by atoms with E-state index in [1.165, 1.54) is 28.7 Å². The van der Waals surface area contributed by atoms with Crippen molar-refractivity contribution >= 4 is 74.4 Å². The Labute approximate surface area is 464 Å². The Balaban J connectivity index is 0.000000316. The Kier molecular flexibility index (Phi) is 25.3. The Morgan fingerprint density at radius 3 is 0.944 bits per heavy atom. The minimum Gasteiger partial charge on any atom is -0.405 e. The van der Waals surface area contributed by atoms with Crippen molar-refractivity contribution in [2.45, 2.75) is 189 Å². The summed E-state index contributed by atoms with van der Waals surface area (Å²) >= 11 is 10.2. The van der Waals surface area contributed by atoms with Gasteiger partial charge in [-0.15, -0.1) is 0 Å². The van der Waals surface area contributed by atoms with Gasteiger partial charge in [0.25, 0.3) is 0 Å². The fourth-order valence-corrected chi connectivity index (χ4v) is 7.83. The lowest BCUT2D eigenvalue weighted by molar-refractivity contribution is 0.00578. The SMILES string of the molecule is C.CC(N)c1ccc(Br)cc1.CC(c1ccc(B2OC(C)(C)C(C)(C)O2)cc1)N(C)C.CC(c1ccc(Br)cc1)N(C)C.CC1(C)OB(B2OC(C)(C)C(C)(C)O2)OC1(C)C.CCC(C)c1ccc(Br)cc1. The summed E-state index contributed by atoms with van der Waals surface area (Å²) in [5.74, 6) is 0.683. The van der Waals surface area contributed by atoms with Crippen LogP contribution in [0, 0.1) is 0 Å². The van der Waals surface area contributed by atoms with Crippen LogP contribution in [-0.2, 0) is 27.9 Å². The molecule has 9 nitrogen and oxygen atoms in total. The van der Waals surface area contributed by atoms with Crippen LogP contribution in [0.4, 0.5) is 0 Å². The van der Waals surface area contributed by atoms with Crippen molar-refractivity contribution in [3.05, 3.63) is 133 Å². The standard InChI is InChI=1S/C16H26BNO2.C12H24B2O4.C10H14BrN.C10H13Br.C8H10BrN.CH4/c1-12(18(6)7)13-8-10-14(11-9-13)17-19-15(2,3)16(4,5)20-17;1-9(2)10(3,4)16-13(15-9)14-17-11(5,6)12(7,8)18-14;1-8(12(2)3)9-4-6-10(11)7-5-9;1-3-8(2)9-4-6-10(11)7-5-9;1-6(10)7-2-4-8(9)5-3-7;/h8-12H,1-7H3;1-8H3;4-8H,1-3H3;4-8H,3H2,1-2H3;2-6H,10H2,1H3;1H4. The van der Waals surface area contributed by atoms with Crippen LogP contribution in [0.15, 0.2) is 110 Å². The molecule has 72 heavy (non-hydrogen) atoms. The van der Waals surface area contributed by atoms with E-state index in [0.29, 0.717) is 18.0 Å². The largest absolute Gasteiger partial charge is 0.494 e. The van der Waals surface area contributed by atoms with Crippen molar-refractivity contribution in [3.8, 4) is 0 Å². The molecule has 0 bridgehead atoms. The van der Waals surface area contributed by atoms with Gasteiger partial charge in [-0.05, 0) is 209 Å².